The van der Waals surface area contributed by atoms with E-state index in [4.69, 9.17) is 27.9 Å². The first-order chi connectivity index (χ1) is 61.8. The van der Waals surface area contributed by atoms with Gasteiger partial charge in [-0.3, -0.25) is 37.1 Å². The monoisotopic (exact) mass is 1880 g/mol. The van der Waals surface area contributed by atoms with E-state index in [1.807, 2.05) is 138 Å². The highest BCUT2D eigenvalue weighted by atomic mass is 32.2. The lowest BCUT2D eigenvalue weighted by atomic mass is 9.60. The largest absolute Gasteiger partial charge is 0.466 e. The van der Waals surface area contributed by atoms with Gasteiger partial charge in [0.05, 0.1) is 102 Å². The molecule has 11 saturated heterocycles. The van der Waals surface area contributed by atoms with Crippen LogP contribution in [0.5, 0.6) is 0 Å². The van der Waals surface area contributed by atoms with Crippen molar-refractivity contribution in [1.82, 2.24) is 0 Å². The van der Waals surface area contributed by atoms with E-state index in [-0.39, 0.29) is 75.6 Å². The first-order valence-corrected chi connectivity index (χ1v) is 59.7. The summed E-state index contributed by atoms with van der Waals surface area (Å²) in [4.78, 5) is 67.7. The molecule has 18 saturated carbocycles. The lowest BCUT2D eigenvalue weighted by Crippen LogP contribution is -2.42. The molecule has 33 atom stereocenters. The second-order valence-electron chi connectivity index (χ2n) is 39.7. The molecule has 740 valence electrons. The Morgan fingerprint density at radius 1 is 0.344 bits per heavy atom. The number of carbonyl (C=O) groups is 6. The number of ether oxygens (including phenoxy) is 6. The van der Waals surface area contributed by atoms with Crippen LogP contribution in [0.1, 0.15) is 344 Å². The second kappa shape index (κ2) is 48.5. The molecule has 0 N–H and O–H groups in total. The maximum absolute atomic E-state index is 12.2. The summed E-state index contributed by atoms with van der Waals surface area (Å²) in [7, 11) is -11.4. The minimum Gasteiger partial charge on any atom is -0.466 e. The molecule has 18 aliphatic carbocycles. The fourth-order valence-electron chi connectivity index (χ4n) is 31.0. The third-order valence-corrected chi connectivity index (χ3v) is 41.9. The van der Waals surface area contributed by atoms with Crippen LogP contribution in [0.3, 0.4) is 0 Å². The molecule has 33 unspecified atom stereocenters. The van der Waals surface area contributed by atoms with Crippen LogP contribution in [0, 0.1) is 177 Å². The molecule has 0 aromatic rings. The van der Waals surface area contributed by atoms with E-state index >= 15 is 0 Å². The predicted molar refractivity (Wildman–Crippen MR) is 502 cm³/mol. The van der Waals surface area contributed by atoms with E-state index in [1.165, 1.54) is 103 Å². The average Bonchev–Trinajstić information content (AvgIpc) is 1.52. The van der Waals surface area contributed by atoms with Gasteiger partial charge in [-0.25, -0.2) is 16.8 Å². The standard InChI is InChI=1S/C15H20O2.C14H18O2.C10H14O2.C9H12O2.C8H12O2S.C8H10O2.C7H10O3S.C4H8O2S.C4H6O2.C3H6O3S.10C2H6/c16-14-15(3-4-17-14)7-10-6-11(15)13-9-2-1-8(5-9)12(10)13;15-14-13-9-4-8(10(13)5-16-14)11-6-1-2-7(3-6)12(9)11;11-10-8-2-6-1-7(3-8)5-9(4-6)12-10;10-9-8-6-2-1-5(3-6)7(8)4-11-9;9-11(10)4-6-1-5-2-7(6)8(11)3-5;9-8-6-2-4-1-5(6)7(3-4)10-8;8-11(9)7-3-4-1-5(7)6(2-4)10-11;5-7(6)3-1-2-4-7;5-4-2-1-3-6-4;4-7(5)3-1-2-6-7;10*1-2/h8-13H,1-7H2;6-13H,1-5H2;6-9H,1-5H2;2*5-8H,1-4H2;4-7H,1-3H2;4-7H,1-3H2;1-4H2;1-3H2;1-3H2;10*1-2H3. The van der Waals surface area contributed by atoms with Crippen molar-refractivity contribution in [3.8, 4) is 0 Å². The molecule has 0 aromatic carbocycles. The van der Waals surface area contributed by atoms with Crippen LogP contribution in [0.2, 0.25) is 0 Å². The van der Waals surface area contributed by atoms with Gasteiger partial charge in [-0.1, -0.05) is 138 Å². The van der Waals surface area contributed by atoms with Crippen LogP contribution in [-0.4, -0.2) is 154 Å². The van der Waals surface area contributed by atoms with Crippen molar-refractivity contribution in [3.63, 3.8) is 0 Å². The number of hydrogen-bond acceptors (Lipinski definition) is 22. The maximum Gasteiger partial charge on any atom is 0.312 e. The summed E-state index contributed by atoms with van der Waals surface area (Å²) in [5.41, 5.74) is -0.00366. The molecule has 0 amide bonds. The summed E-state index contributed by atoms with van der Waals surface area (Å²) in [5.74, 6) is 23.1. The number of hydrogen-bond donors (Lipinski definition) is 0. The zero-order valence-electron chi connectivity index (χ0n) is 82.7. The number of cyclic esters (lactones) is 4. The highest BCUT2D eigenvalue weighted by Gasteiger charge is 2.72. The topological polar surface area (TPSA) is 313 Å². The third-order valence-electron chi connectivity index (χ3n) is 34.6. The van der Waals surface area contributed by atoms with E-state index in [0.29, 0.717) is 127 Å². The van der Waals surface area contributed by atoms with Gasteiger partial charge in [-0.05, 0) is 323 Å². The summed E-state index contributed by atoms with van der Waals surface area (Å²) >= 11 is 0. The summed E-state index contributed by atoms with van der Waals surface area (Å²) < 4.78 is 127. The van der Waals surface area contributed by atoms with Gasteiger partial charge in [0, 0.05) is 30.1 Å². The van der Waals surface area contributed by atoms with Crippen molar-refractivity contribution in [3.05, 3.63) is 0 Å². The summed E-state index contributed by atoms with van der Waals surface area (Å²) in [6.45, 7) is 43.2. The molecule has 0 aromatic heterocycles. The number of esters is 6. The molecular formula is C102H176O22S4. The number of sulfone groups is 2. The van der Waals surface area contributed by atoms with Crippen molar-refractivity contribution in [1.29, 1.82) is 0 Å². The molecular weight excluding hydrogens is 1710 g/mol. The van der Waals surface area contributed by atoms with Gasteiger partial charge in [-0.2, -0.15) is 16.8 Å². The molecule has 29 rings (SSSR count). The third kappa shape index (κ3) is 23.0. The van der Waals surface area contributed by atoms with E-state index in [1.54, 1.807) is 0 Å². The maximum atomic E-state index is 12.2. The van der Waals surface area contributed by atoms with E-state index in [2.05, 4.69) is 8.92 Å². The smallest absolute Gasteiger partial charge is 0.312 e. The SMILES string of the molecule is CC.CC.CC.CC.CC.CC.CC.CC.CC.CC.O=C1CCCO1.O=C1OC2CC3CC(C2)CC1C3.O=C1OC2CC3CC1C2C3.O=C1OCC2C3CC(C12)C1C2CCC(C2)C31.O=C1OCC2C3CCC(C3)C12.O=C1OCCC12CC1CC2C2C3CCC(C3)C12.O=S1(=O)CC2CC3CC2C1C3.O=S1(=O)CCCC1.O=S1(=O)CCCO1.O=S1(=O)OC2CC3CC2C1C3. The number of fused-ring (bicyclic) bond motifs is 31. The molecule has 128 heavy (non-hydrogen) atoms. The van der Waals surface area contributed by atoms with Crippen molar-refractivity contribution < 1.29 is 99.2 Å². The lowest BCUT2D eigenvalue weighted by molar-refractivity contribution is -0.152. The van der Waals surface area contributed by atoms with Gasteiger partial charge >= 0.3 is 35.8 Å². The Morgan fingerprint density at radius 2 is 0.875 bits per heavy atom. The Labute approximate surface area is 775 Å². The number of carbonyl (C=O) groups excluding carboxylic acids is 6. The van der Waals surface area contributed by atoms with Crippen molar-refractivity contribution in [2.75, 3.05) is 56.0 Å². The minimum atomic E-state index is -3.13. The minimum absolute atomic E-state index is 0.00366. The fourth-order valence-corrected chi connectivity index (χ4v) is 38.1. The van der Waals surface area contributed by atoms with E-state index < -0.39 is 39.9 Å². The van der Waals surface area contributed by atoms with Gasteiger partial charge in [0.25, 0.3) is 20.2 Å². The molecule has 0 radical (unpaired) electrons. The summed E-state index contributed by atoms with van der Waals surface area (Å²) in [6, 6.07) is 0. The summed E-state index contributed by atoms with van der Waals surface area (Å²) in [6.07, 6.45) is 38.2. The van der Waals surface area contributed by atoms with Crippen molar-refractivity contribution >= 4 is 75.7 Å². The molecule has 22 nitrogen and oxygen atoms in total. The van der Waals surface area contributed by atoms with Crippen LogP contribution in [0.25, 0.3) is 0 Å². The first kappa shape index (κ1) is 108. The van der Waals surface area contributed by atoms with Crippen LogP contribution < -0.4 is 0 Å². The normalized spacial score (nSPS) is 44.4. The zero-order valence-corrected chi connectivity index (χ0v) is 86.0. The zero-order chi connectivity index (χ0) is 94.2. The lowest BCUT2D eigenvalue weighted by Gasteiger charge is -2.42. The van der Waals surface area contributed by atoms with E-state index in [9.17, 15) is 62.4 Å². The van der Waals surface area contributed by atoms with Crippen LogP contribution in [0.4, 0.5) is 0 Å². The van der Waals surface area contributed by atoms with E-state index in [0.717, 1.165) is 198 Å². The Bertz CT molecular complexity index is 3870. The second-order valence-corrected chi connectivity index (χ2v) is 47.8. The van der Waals surface area contributed by atoms with Crippen LogP contribution >= 0.6 is 0 Å². The molecule has 26 heteroatoms. The molecule has 11 aliphatic heterocycles. The van der Waals surface area contributed by atoms with Crippen LogP contribution in [0.15, 0.2) is 0 Å². The Balaban J connectivity index is 0.000000159. The molecule has 29 fully saturated rings. The fraction of sp³-hybridized carbons (Fsp3) is 0.941. The first-order valence-electron chi connectivity index (χ1n) is 53.1. The quantitative estimate of drug-likeness (QED) is 0.0941. The molecule has 1 spiro atoms. The van der Waals surface area contributed by atoms with Gasteiger partial charge < -0.3 is 28.4 Å². The highest BCUT2D eigenvalue weighted by Crippen LogP contribution is 2.74. The molecule has 20 bridgehead atoms. The van der Waals surface area contributed by atoms with Crippen molar-refractivity contribution in [2.45, 2.75) is 373 Å². The van der Waals surface area contributed by atoms with Gasteiger partial charge in [-0.15, -0.1) is 0 Å². The predicted octanol–water partition coefficient (Wildman–Crippen LogP) is 20.5. The van der Waals surface area contributed by atoms with Gasteiger partial charge in [0.1, 0.15) is 22.0 Å². The molecule has 11 heterocycles. The number of rotatable bonds is 0. The summed E-state index contributed by atoms with van der Waals surface area (Å²) in [5, 5.41) is -0.0440. The van der Waals surface area contributed by atoms with Gasteiger partial charge in [0.15, 0.2) is 9.84 Å². The Morgan fingerprint density at radius 3 is 1.35 bits per heavy atom. The van der Waals surface area contributed by atoms with Gasteiger partial charge in [0.2, 0.25) is 0 Å². The van der Waals surface area contributed by atoms with Crippen LogP contribution in [-0.2, 0) is 105 Å². The Hall–Kier alpha value is -3.46. The highest BCUT2D eigenvalue weighted by molar-refractivity contribution is 7.92. The average molecular weight is 1880 g/mol. The Kier molecular flexibility index (Phi) is 41.0. The van der Waals surface area contributed by atoms with Crippen molar-refractivity contribution in [2.24, 2.45) is 177 Å². The molecule has 29 aliphatic rings.